The summed E-state index contributed by atoms with van der Waals surface area (Å²) >= 11 is 0. The van der Waals surface area contributed by atoms with Gasteiger partial charge in [0.25, 0.3) is 0 Å². The maximum atomic E-state index is 11.7. The van der Waals surface area contributed by atoms with Gasteiger partial charge in [-0.1, -0.05) is 12.1 Å². The van der Waals surface area contributed by atoms with Crippen LogP contribution in [0.15, 0.2) is 36.9 Å². The Balaban J connectivity index is 1.97. The second kappa shape index (κ2) is 7.17. The van der Waals surface area contributed by atoms with Gasteiger partial charge in [-0.2, -0.15) is 5.10 Å². The number of aromatic nitrogens is 3. The lowest BCUT2D eigenvalue weighted by Gasteiger charge is -2.25. The van der Waals surface area contributed by atoms with E-state index in [9.17, 15) is 4.79 Å². The third-order valence-corrected chi connectivity index (χ3v) is 3.90. The Morgan fingerprint density at radius 2 is 1.91 bits per heavy atom. The summed E-state index contributed by atoms with van der Waals surface area (Å²) in [6.45, 7) is 2.88. The van der Waals surface area contributed by atoms with E-state index in [4.69, 9.17) is 0 Å². The van der Waals surface area contributed by atoms with Crippen molar-refractivity contribution < 1.29 is 4.79 Å². The maximum Gasteiger partial charge on any atom is 0.223 e. The van der Waals surface area contributed by atoms with Crippen LogP contribution >= 0.6 is 0 Å². The molecule has 0 saturated carbocycles. The molecule has 1 aromatic carbocycles. The topological polar surface area (TPSA) is 54.3 Å². The van der Waals surface area contributed by atoms with E-state index in [0.29, 0.717) is 6.42 Å². The van der Waals surface area contributed by atoms with Gasteiger partial charge >= 0.3 is 0 Å². The number of hydrogen-bond acceptors (Lipinski definition) is 4. The Hall–Kier alpha value is -2.21. The van der Waals surface area contributed by atoms with E-state index in [2.05, 4.69) is 34.0 Å². The fourth-order valence-corrected chi connectivity index (χ4v) is 2.19. The molecule has 0 spiro atoms. The smallest absolute Gasteiger partial charge is 0.223 e. The third-order valence-electron chi connectivity index (χ3n) is 3.90. The first-order valence-electron chi connectivity index (χ1n) is 7.34. The van der Waals surface area contributed by atoms with E-state index >= 15 is 0 Å². The van der Waals surface area contributed by atoms with Crippen molar-refractivity contribution in [1.82, 2.24) is 24.6 Å². The second-order valence-electron chi connectivity index (χ2n) is 5.63. The van der Waals surface area contributed by atoms with Gasteiger partial charge in [0.15, 0.2) is 0 Å². The number of amides is 1. The van der Waals surface area contributed by atoms with Crippen LogP contribution in [-0.2, 0) is 4.79 Å². The largest absolute Gasteiger partial charge is 0.349 e. The molecule has 0 aliphatic rings. The van der Waals surface area contributed by atoms with E-state index in [1.165, 1.54) is 11.9 Å². The van der Waals surface area contributed by atoms with Crippen LogP contribution in [0.3, 0.4) is 0 Å². The second-order valence-corrected chi connectivity index (χ2v) is 5.63. The Bertz CT molecular complexity index is 592. The SMILES string of the molecule is C[C@H](c1ccc(-n2cncn2)cc1)N(C)CCC(=O)N(C)C. The number of rotatable bonds is 6. The first-order chi connectivity index (χ1) is 10.5. The van der Waals surface area contributed by atoms with Gasteiger partial charge in [-0.25, -0.2) is 9.67 Å². The van der Waals surface area contributed by atoms with Gasteiger partial charge in [0.05, 0.1) is 5.69 Å². The number of carbonyl (C=O) groups is 1. The minimum Gasteiger partial charge on any atom is -0.349 e. The maximum absolute atomic E-state index is 11.7. The van der Waals surface area contributed by atoms with Crippen LogP contribution in [0.5, 0.6) is 0 Å². The van der Waals surface area contributed by atoms with Crippen LogP contribution in [-0.4, -0.2) is 58.2 Å². The molecule has 1 atom stereocenters. The average molecular weight is 301 g/mol. The molecular weight excluding hydrogens is 278 g/mol. The zero-order chi connectivity index (χ0) is 16.1. The van der Waals surface area contributed by atoms with Gasteiger partial charge in [-0.05, 0) is 31.7 Å². The molecule has 0 aliphatic carbocycles. The molecule has 2 aromatic rings. The van der Waals surface area contributed by atoms with Crippen LogP contribution in [0.25, 0.3) is 5.69 Å². The Morgan fingerprint density at radius 3 is 2.45 bits per heavy atom. The number of nitrogens with zero attached hydrogens (tertiary/aromatic N) is 5. The molecule has 0 saturated heterocycles. The highest BCUT2D eigenvalue weighted by molar-refractivity contribution is 5.75. The molecule has 6 nitrogen and oxygen atoms in total. The number of carbonyl (C=O) groups excluding carboxylic acids is 1. The van der Waals surface area contributed by atoms with Crippen molar-refractivity contribution in [3.63, 3.8) is 0 Å². The zero-order valence-corrected chi connectivity index (χ0v) is 13.6. The quantitative estimate of drug-likeness (QED) is 0.815. The average Bonchev–Trinajstić information content (AvgIpc) is 3.06. The Kier molecular flexibility index (Phi) is 5.27. The minimum absolute atomic E-state index is 0.153. The van der Waals surface area contributed by atoms with Gasteiger partial charge in [-0.3, -0.25) is 9.69 Å². The van der Waals surface area contributed by atoms with Crippen molar-refractivity contribution in [2.45, 2.75) is 19.4 Å². The van der Waals surface area contributed by atoms with Gasteiger partial charge in [0, 0.05) is 33.1 Å². The number of hydrogen-bond donors (Lipinski definition) is 0. The zero-order valence-electron chi connectivity index (χ0n) is 13.6. The van der Waals surface area contributed by atoms with Gasteiger partial charge in [-0.15, -0.1) is 0 Å². The summed E-state index contributed by atoms with van der Waals surface area (Å²) in [5, 5.41) is 4.11. The van der Waals surface area contributed by atoms with Gasteiger partial charge in [0.2, 0.25) is 5.91 Å². The predicted molar refractivity (Wildman–Crippen MR) is 85.7 cm³/mol. The van der Waals surface area contributed by atoms with E-state index < -0.39 is 0 Å². The summed E-state index contributed by atoms with van der Waals surface area (Å²) in [7, 11) is 5.61. The molecule has 0 fully saturated rings. The molecule has 0 N–H and O–H groups in total. The van der Waals surface area contributed by atoms with Crippen molar-refractivity contribution in [2.24, 2.45) is 0 Å². The normalized spacial score (nSPS) is 12.4. The first-order valence-corrected chi connectivity index (χ1v) is 7.34. The number of benzene rings is 1. The lowest BCUT2D eigenvalue weighted by atomic mass is 10.1. The van der Waals surface area contributed by atoms with Crippen molar-refractivity contribution in [3.05, 3.63) is 42.5 Å². The molecule has 6 heteroatoms. The molecule has 0 unspecified atom stereocenters. The standard InChI is InChI=1S/C16H23N5O/c1-13(20(4)10-9-16(22)19(2)3)14-5-7-15(8-6-14)21-12-17-11-18-21/h5-8,11-13H,9-10H2,1-4H3/t13-/m1/s1. The van der Waals surface area contributed by atoms with Crippen LogP contribution in [0.1, 0.15) is 24.9 Å². The molecule has 22 heavy (non-hydrogen) atoms. The van der Waals surface area contributed by atoms with E-state index in [0.717, 1.165) is 12.2 Å². The summed E-state index contributed by atoms with van der Waals surface area (Å²) in [5.74, 6) is 0.153. The summed E-state index contributed by atoms with van der Waals surface area (Å²) in [4.78, 5) is 19.4. The summed E-state index contributed by atoms with van der Waals surface area (Å²) in [6, 6.07) is 8.48. The highest BCUT2D eigenvalue weighted by Crippen LogP contribution is 2.20. The molecule has 0 aliphatic heterocycles. The highest BCUT2D eigenvalue weighted by Gasteiger charge is 2.13. The van der Waals surface area contributed by atoms with Crippen LogP contribution in [0.4, 0.5) is 0 Å². The monoisotopic (exact) mass is 301 g/mol. The molecule has 0 bridgehead atoms. The third kappa shape index (κ3) is 3.92. The summed E-state index contributed by atoms with van der Waals surface area (Å²) in [5.41, 5.74) is 2.20. The summed E-state index contributed by atoms with van der Waals surface area (Å²) < 4.78 is 1.73. The van der Waals surface area contributed by atoms with Crippen molar-refractivity contribution in [2.75, 3.05) is 27.7 Å². The van der Waals surface area contributed by atoms with E-state index in [-0.39, 0.29) is 11.9 Å². The van der Waals surface area contributed by atoms with E-state index in [1.807, 2.05) is 19.2 Å². The molecule has 1 heterocycles. The van der Waals surface area contributed by atoms with Gasteiger partial charge in [0.1, 0.15) is 12.7 Å². The predicted octanol–water partition coefficient (Wildman–Crippen LogP) is 1.74. The lowest BCUT2D eigenvalue weighted by Crippen LogP contribution is -2.29. The fraction of sp³-hybridized carbons (Fsp3) is 0.438. The van der Waals surface area contributed by atoms with Crippen LogP contribution in [0.2, 0.25) is 0 Å². The van der Waals surface area contributed by atoms with Crippen molar-refractivity contribution >= 4 is 5.91 Å². The van der Waals surface area contributed by atoms with Crippen molar-refractivity contribution in [1.29, 1.82) is 0 Å². The molecule has 1 amide bonds. The highest BCUT2D eigenvalue weighted by atomic mass is 16.2. The molecule has 118 valence electrons. The molecule has 0 radical (unpaired) electrons. The van der Waals surface area contributed by atoms with Crippen molar-refractivity contribution in [3.8, 4) is 5.69 Å². The molecule has 2 rings (SSSR count). The summed E-state index contributed by atoms with van der Waals surface area (Å²) in [6.07, 6.45) is 3.73. The Labute approximate surface area is 131 Å². The van der Waals surface area contributed by atoms with Crippen LogP contribution in [0, 0.1) is 0 Å². The lowest BCUT2D eigenvalue weighted by molar-refractivity contribution is -0.129. The first kappa shape index (κ1) is 16.2. The van der Waals surface area contributed by atoms with Gasteiger partial charge < -0.3 is 4.90 Å². The van der Waals surface area contributed by atoms with E-state index in [1.54, 1.807) is 30.0 Å². The Morgan fingerprint density at radius 1 is 1.23 bits per heavy atom. The molecular formula is C16H23N5O. The fourth-order valence-electron chi connectivity index (χ4n) is 2.19. The van der Waals surface area contributed by atoms with Crippen LogP contribution < -0.4 is 0 Å². The minimum atomic E-state index is 0.153. The molecule has 1 aromatic heterocycles.